The molecule has 10 heterocycles. The number of alkyl halides is 12. The average molecular weight is 1900 g/mol. The molecule has 0 unspecified atom stereocenters. The second kappa shape index (κ2) is 39.7. The fourth-order valence-corrected chi connectivity index (χ4v) is 14.0. The van der Waals surface area contributed by atoms with E-state index in [1.165, 1.54) is 86.2 Å². The van der Waals surface area contributed by atoms with Gasteiger partial charge in [-0.15, -0.1) is 20.4 Å². The molecule has 0 aliphatic heterocycles. The molecule has 0 saturated heterocycles. The van der Waals surface area contributed by atoms with Crippen LogP contribution in [-0.2, 0) is 42.5 Å². The van der Waals surface area contributed by atoms with Crippen molar-refractivity contribution in [2.24, 2.45) is 0 Å². The molecule has 0 aliphatic carbocycles. The van der Waals surface area contributed by atoms with E-state index in [9.17, 15) is 57.5 Å². The summed E-state index contributed by atoms with van der Waals surface area (Å²) in [6, 6.07) is 63.3. The van der Waals surface area contributed by atoms with E-state index in [0.29, 0.717) is 112 Å². The number of halogens is 14. The van der Waals surface area contributed by atoms with Crippen LogP contribution in [-0.4, -0.2) is 133 Å². The van der Waals surface area contributed by atoms with E-state index >= 15 is 0 Å². The van der Waals surface area contributed by atoms with Crippen molar-refractivity contribution < 1.29 is 57.4 Å². The van der Waals surface area contributed by atoms with Gasteiger partial charge in [0.05, 0.1) is 77.9 Å². The minimum Gasteiger partial charge on any atom is -0.377 e. The zero-order chi connectivity index (χ0) is 95.4. The molecule has 0 bridgehead atoms. The second-order valence-corrected chi connectivity index (χ2v) is 29.4. The van der Waals surface area contributed by atoms with Gasteiger partial charge in [0.25, 0.3) is 0 Å². The topological polar surface area (TPSA) is 450 Å². The summed E-state index contributed by atoms with van der Waals surface area (Å²) in [5, 5.41) is 60.2. The third-order valence-electron chi connectivity index (χ3n) is 19.4. The Morgan fingerprint density at radius 3 is 1.01 bits per heavy atom. The van der Waals surface area contributed by atoms with Crippen molar-refractivity contribution in [2.75, 3.05) is 33.7 Å². The van der Waals surface area contributed by atoms with E-state index in [1.807, 2.05) is 37.3 Å². The van der Waals surface area contributed by atoms with Crippen molar-refractivity contribution in [2.45, 2.75) is 44.7 Å². The Labute approximate surface area is 765 Å². The summed E-state index contributed by atoms with van der Waals surface area (Å²) >= 11 is 12.6. The Hall–Kier alpha value is -17.4. The van der Waals surface area contributed by atoms with Gasteiger partial charge in [0, 0.05) is 56.3 Å². The minimum atomic E-state index is -4.55. The Kier molecular flexibility index (Phi) is 26.8. The number of H-pyrrole nitrogens is 6. The van der Waals surface area contributed by atoms with Crippen molar-refractivity contribution in [3.05, 3.63) is 303 Å². The van der Waals surface area contributed by atoms with E-state index in [1.54, 1.807) is 115 Å². The second-order valence-electron chi connectivity index (χ2n) is 28.5. The lowest BCUT2D eigenvalue weighted by Gasteiger charge is -2.13. The number of anilines is 10. The number of para-hydroxylation sites is 5. The van der Waals surface area contributed by atoms with Gasteiger partial charge >= 0.3 is 30.4 Å². The highest BCUT2D eigenvalue weighted by atomic mass is 35.5. The smallest absolute Gasteiger partial charge is 0.377 e. The lowest BCUT2D eigenvalue weighted by atomic mass is 10.1. The van der Waals surface area contributed by atoms with Gasteiger partial charge in [-0.2, -0.15) is 83.0 Å². The molecule has 0 spiro atoms. The number of aromatic amines is 6. The summed E-state index contributed by atoms with van der Waals surface area (Å²) in [5.41, 5.74) is -0.996. The van der Waals surface area contributed by atoms with Gasteiger partial charge in [-0.05, 0) is 104 Å². The van der Waals surface area contributed by atoms with E-state index in [-0.39, 0.29) is 88.1 Å². The van der Waals surface area contributed by atoms with Gasteiger partial charge in [-0.3, -0.25) is 20.3 Å². The SMILES string of the molecule is COCc1nc(Nc2nc(-c3ccccc3C(F)(F)F)nc3ccccc23)n[nH]1.Cc1nc(Nc2nc(-c3c(Cl)cccc3Cl)nc3ccccc23)n[nH]1.FC(F)(F)c1ccccc1-c1nc(Nc2ncn[nH]2)c2ccccc2n1.N#CCc1nc(Nc2nc(-c3ccccc3C(F)(F)F)nc3ccccc23)n[nH]1.O=c1[nH]nc(Nc2nc(-c3ccccc3C(F)(F)F)nc3ccccc23)[nH]1. The van der Waals surface area contributed by atoms with Crippen LogP contribution < -0.4 is 32.3 Å². The molecule has 0 radical (unpaired) electrons. The summed E-state index contributed by atoms with van der Waals surface area (Å²) in [6.45, 7) is 2.06. The Morgan fingerprint density at radius 1 is 0.353 bits per heavy atom. The molecular weight excluding hydrogens is 1830 g/mol. The van der Waals surface area contributed by atoms with Gasteiger partial charge in [0.15, 0.2) is 34.9 Å². The lowest BCUT2D eigenvalue weighted by Crippen LogP contribution is -2.09. The highest BCUT2D eigenvalue weighted by Crippen LogP contribution is 2.44. The maximum atomic E-state index is 13.5. The number of fused-ring (bicyclic) bond motifs is 5. The van der Waals surface area contributed by atoms with E-state index < -0.39 is 52.6 Å². The van der Waals surface area contributed by atoms with Crippen LogP contribution in [0.25, 0.3) is 111 Å². The number of hydrogen-bond donors (Lipinski definition) is 11. The van der Waals surface area contributed by atoms with E-state index in [0.717, 1.165) is 35.2 Å². The number of rotatable bonds is 18. The van der Waals surface area contributed by atoms with Crippen molar-refractivity contribution in [1.29, 1.82) is 5.26 Å². The van der Waals surface area contributed by atoms with Crippen LogP contribution in [0.5, 0.6) is 0 Å². The molecule has 136 heavy (non-hydrogen) atoms. The summed E-state index contributed by atoms with van der Waals surface area (Å²) in [7, 11) is 1.53. The summed E-state index contributed by atoms with van der Waals surface area (Å²) in [5.74, 6) is 4.62. The van der Waals surface area contributed by atoms with Gasteiger partial charge in [0.1, 0.15) is 53.7 Å². The van der Waals surface area contributed by atoms with E-state index in [4.69, 9.17) is 33.2 Å². The van der Waals surface area contributed by atoms with Crippen LogP contribution in [0.15, 0.2) is 248 Å². The predicted octanol–water partition coefficient (Wildman–Crippen LogP) is 21.0. The number of aryl methyl sites for hydroxylation is 1. The molecule has 0 atom stereocenters. The molecule has 10 aromatic carbocycles. The third-order valence-corrected chi connectivity index (χ3v) is 20.0. The number of hydrogen-bond acceptors (Lipinski definition) is 27. The van der Waals surface area contributed by atoms with Crippen LogP contribution in [0.4, 0.5) is 112 Å². The van der Waals surface area contributed by atoms with E-state index in [2.05, 4.69) is 152 Å². The number of methoxy groups -OCH3 is 1. The Bertz CT molecular complexity index is 7800. The van der Waals surface area contributed by atoms with Crippen LogP contribution >= 0.6 is 23.2 Å². The molecule has 20 aromatic rings. The maximum absolute atomic E-state index is 13.5. The zero-order valence-corrected chi connectivity index (χ0v) is 71.1. The predicted molar refractivity (Wildman–Crippen MR) is 481 cm³/mol. The number of ether oxygens (including phenoxy) is 1. The van der Waals surface area contributed by atoms with Gasteiger partial charge in [0.2, 0.25) is 29.7 Å². The number of nitrogens with one attached hydrogen (secondary N) is 11. The van der Waals surface area contributed by atoms with Crippen LogP contribution in [0.1, 0.15) is 39.7 Å². The number of nitriles is 1. The molecule has 47 heteroatoms. The standard InChI is InChI=1S/C19H12F3N7.C19H15F3N6O.C17H12Cl2N6.C17H11F3N6O.C17H11F3N6/c20-19(21,22)13-7-3-1-5-11(13)16-24-14-8-4-2-6-12(14)17(26-16)27-18-25-15(9-10-23)28-29-18;1-29-10-15-24-18(28-27-15)26-17-12-7-3-5-9-14(12)23-16(25-17)11-6-2-4-8-13(11)19(20,21)22;1-9-20-17(25-24-9)23-15-10-5-2-3-8-13(10)21-16(22-15)14-11(18)6-4-7-12(14)19;18-17(19,20)11-7-3-1-5-9(11)13-21-12-8-4-2-6-10(12)14(22-13)23-15-24-16(27)26-25-15;18-17(19,20)12-7-3-1-5-10(12)14-23-13-8-4-2-6-11(13)15(24-14)25-16-21-9-22-26-16/h1-8H,9H2,(H2,24,25,26,27,28,29);2-9H,10H2,1H3,(H2,23,24,25,26,27,28);2-8H,1H3,(H2,20,21,22,23,24,25);1-8H,(H3,21,22,23,24,25,26,27);1-9H,(H2,21,22,23,24,25,26). The third kappa shape index (κ3) is 21.6. The van der Waals surface area contributed by atoms with Gasteiger partial charge in [-0.25, -0.2) is 64.8 Å². The summed E-state index contributed by atoms with van der Waals surface area (Å²) < 4.78 is 166. The largest absolute Gasteiger partial charge is 0.417 e. The van der Waals surface area contributed by atoms with Crippen LogP contribution in [0.3, 0.4) is 0 Å². The van der Waals surface area contributed by atoms with Crippen LogP contribution in [0, 0.1) is 18.3 Å². The quantitative estimate of drug-likeness (QED) is 0.0355. The summed E-state index contributed by atoms with van der Waals surface area (Å²) in [6.07, 6.45) is -16.8. The highest BCUT2D eigenvalue weighted by molar-refractivity contribution is 6.39. The molecule has 0 fully saturated rings. The molecule has 682 valence electrons. The highest BCUT2D eigenvalue weighted by Gasteiger charge is 2.38. The Balaban J connectivity index is 0.000000123. The van der Waals surface area contributed by atoms with Crippen molar-refractivity contribution in [3.8, 4) is 63.0 Å². The minimum absolute atomic E-state index is 0.0290. The molecule has 0 aliphatic rings. The molecule has 11 N–H and O–H groups in total. The number of nitrogens with zero attached hydrogens (tertiary/aromatic N) is 20. The lowest BCUT2D eigenvalue weighted by molar-refractivity contribution is -0.137. The average Bonchev–Trinajstić information content (AvgIpc) is 1.01. The van der Waals surface area contributed by atoms with Crippen molar-refractivity contribution in [3.63, 3.8) is 0 Å². The first-order valence-corrected chi connectivity index (χ1v) is 40.6. The maximum Gasteiger partial charge on any atom is 0.417 e. The molecule has 33 nitrogen and oxygen atoms in total. The number of aromatic nitrogens is 25. The van der Waals surface area contributed by atoms with Crippen molar-refractivity contribution in [1.82, 2.24) is 126 Å². The first-order chi connectivity index (χ1) is 65.5. The van der Waals surface area contributed by atoms with Crippen molar-refractivity contribution >= 4 is 137 Å². The Morgan fingerprint density at radius 2 is 0.676 bits per heavy atom. The zero-order valence-electron chi connectivity index (χ0n) is 69.6. The first-order valence-electron chi connectivity index (χ1n) is 39.8. The molecule has 0 saturated carbocycles. The number of benzene rings is 10. The van der Waals surface area contributed by atoms with Crippen LogP contribution in [0.2, 0.25) is 10.0 Å². The normalized spacial score (nSPS) is 11.5. The van der Waals surface area contributed by atoms with Gasteiger partial charge < -0.3 is 31.3 Å². The molecule has 0 amide bonds. The molecule has 10 aromatic heterocycles. The molecule has 20 rings (SSSR count). The fourth-order valence-electron chi connectivity index (χ4n) is 13.5. The first kappa shape index (κ1) is 91.9. The summed E-state index contributed by atoms with van der Waals surface area (Å²) in [4.78, 5) is 73.9. The van der Waals surface area contributed by atoms with Gasteiger partial charge in [-0.1, -0.05) is 163 Å². The fraction of sp³-hybridized carbons (Fsp3) is 0.0899. The molecular formula is C89H61Cl2F12N31O2. The monoisotopic (exact) mass is 1890 g/mol.